The van der Waals surface area contributed by atoms with E-state index < -0.39 is 27.4 Å². The van der Waals surface area contributed by atoms with Gasteiger partial charge in [0.25, 0.3) is 0 Å². The number of amides is 1. The Labute approximate surface area is 140 Å². The summed E-state index contributed by atoms with van der Waals surface area (Å²) >= 11 is 0. The van der Waals surface area contributed by atoms with Gasteiger partial charge in [0.2, 0.25) is 15.9 Å². The maximum absolute atomic E-state index is 12.4. The Hall–Kier alpha value is -2.17. The molecule has 1 aromatic rings. The van der Waals surface area contributed by atoms with E-state index in [0.29, 0.717) is 11.4 Å². The van der Waals surface area contributed by atoms with E-state index in [1.54, 1.807) is 19.1 Å². The third kappa shape index (κ3) is 4.66. The topological polar surface area (TPSA) is 126 Å². The van der Waals surface area contributed by atoms with Crippen LogP contribution in [0.15, 0.2) is 24.3 Å². The summed E-state index contributed by atoms with van der Waals surface area (Å²) < 4.78 is 32.0. The Morgan fingerprint density at radius 2 is 1.83 bits per heavy atom. The SMILES string of the molecule is CCOC(=O)C1CC(S(=O)(=O)Nc2ccc(NC(C)=O)cc2)NN1. The average Bonchev–Trinajstić information content (AvgIpc) is 3.00. The quantitative estimate of drug-likeness (QED) is 0.534. The molecule has 0 aliphatic carbocycles. The lowest BCUT2D eigenvalue weighted by Crippen LogP contribution is -2.41. The number of esters is 1. The van der Waals surface area contributed by atoms with Crippen molar-refractivity contribution in [3.8, 4) is 0 Å². The van der Waals surface area contributed by atoms with E-state index >= 15 is 0 Å². The molecule has 1 fully saturated rings. The molecule has 0 radical (unpaired) electrons. The summed E-state index contributed by atoms with van der Waals surface area (Å²) in [7, 11) is -3.75. The van der Waals surface area contributed by atoms with Crippen LogP contribution < -0.4 is 20.9 Å². The lowest BCUT2D eigenvalue weighted by molar-refractivity contribution is -0.145. The van der Waals surface area contributed by atoms with Crippen LogP contribution in [0.5, 0.6) is 0 Å². The molecule has 0 spiro atoms. The predicted molar refractivity (Wildman–Crippen MR) is 88.4 cm³/mol. The Morgan fingerprint density at radius 1 is 1.21 bits per heavy atom. The second kappa shape index (κ2) is 7.60. The molecule has 0 aromatic heterocycles. The largest absolute Gasteiger partial charge is 0.465 e. The summed E-state index contributed by atoms with van der Waals surface area (Å²) in [5.74, 6) is -0.711. The fraction of sp³-hybridized carbons (Fsp3) is 0.429. The average molecular weight is 356 g/mol. The van der Waals surface area contributed by atoms with Gasteiger partial charge in [-0.25, -0.2) is 19.3 Å². The van der Waals surface area contributed by atoms with E-state index in [9.17, 15) is 18.0 Å². The monoisotopic (exact) mass is 356 g/mol. The van der Waals surface area contributed by atoms with Crippen LogP contribution in [0.25, 0.3) is 0 Å². The van der Waals surface area contributed by atoms with Crippen molar-refractivity contribution in [1.29, 1.82) is 0 Å². The lowest BCUT2D eigenvalue weighted by atomic mass is 10.2. The van der Waals surface area contributed by atoms with E-state index in [-0.39, 0.29) is 18.9 Å². The van der Waals surface area contributed by atoms with Crippen molar-refractivity contribution in [2.75, 3.05) is 16.6 Å². The molecule has 24 heavy (non-hydrogen) atoms. The van der Waals surface area contributed by atoms with Gasteiger partial charge in [-0.3, -0.25) is 14.3 Å². The van der Waals surface area contributed by atoms with Gasteiger partial charge < -0.3 is 10.1 Å². The molecule has 1 aliphatic heterocycles. The number of hydrogen-bond donors (Lipinski definition) is 4. The maximum atomic E-state index is 12.4. The summed E-state index contributed by atoms with van der Waals surface area (Å²) in [5, 5.41) is 1.62. The third-order valence-electron chi connectivity index (χ3n) is 3.28. The molecule has 0 saturated carbocycles. The number of anilines is 2. The highest BCUT2D eigenvalue weighted by atomic mass is 32.2. The van der Waals surface area contributed by atoms with Crippen molar-refractivity contribution in [1.82, 2.24) is 10.9 Å². The molecule has 2 rings (SSSR count). The fourth-order valence-corrected chi connectivity index (χ4v) is 3.46. The van der Waals surface area contributed by atoms with Gasteiger partial charge in [0.05, 0.1) is 6.61 Å². The number of benzene rings is 1. The van der Waals surface area contributed by atoms with Gasteiger partial charge in [-0.1, -0.05) is 0 Å². The molecule has 9 nitrogen and oxygen atoms in total. The predicted octanol–water partition coefficient (Wildman–Crippen LogP) is 0.142. The number of carbonyl (C=O) groups excluding carboxylic acids is 2. The van der Waals surface area contributed by atoms with Gasteiger partial charge in [-0.15, -0.1) is 0 Å². The molecule has 1 aliphatic rings. The zero-order valence-electron chi connectivity index (χ0n) is 13.3. The highest BCUT2D eigenvalue weighted by Gasteiger charge is 2.37. The zero-order chi connectivity index (χ0) is 17.7. The van der Waals surface area contributed by atoms with Crippen LogP contribution in [-0.2, 0) is 24.3 Å². The molecule has 1 aromatic carbocycles. The minimum atomic E-state index is -3.75. The van der Waals surface area contributed by atoms with Crippen LogP contribution in [0.2, 0.25) is 0 Å². The highest BCUT2D eigenvalue weighted by Crippen LogP contribution is 2.19. The second-order valence-corrected chi connectivity index (χ2v) is 7.09. The molecule has 132 valence electrons. The van der Waals surface area contributed by atoms with E-state index in [0.717, 1.165) is 0 Å². The highest BCUT2D eigenvalue weighted by molar-refractivity contribution is 7.93. The van der Waals surface area contributed by atoms with Crippen LogP contribution in [0.4, 0.5) is 11.4 Å². The molecule has 4 N–H and O–H groups in total. The maximum Gasteiger partial charge on any atom is 0.324 e. The van der Waals surface area contributed by atoms with E-state index in [2.05, 4.69) is 20.9 Å². The van der Waals surface area contributed by atoms with E-state index in [1.165, 1.54) is 19.1 Å². The molecule has 1 amide bonds. The molecule has 2 unspecified atom stereocenters. The summed E-state index contributed by atoms with van der Waals surface area (Å²) in [6.45, 7) is 3.30. The first-order chi connectivity index (χ1) is 11.3. The number of nitrogens with one attached hydrogen (secondary N) is 4. The first kappa shape index (κ1) is 18.2. The normalized spacial score (nSPS) is 20.4. The summed E-state index contributed by atoms with van der Waals surface area (Å²) in [4.78, 5) is 22.6. The molecule has 2 atom stereocenters. The lowest BCUT2D eigenvalue weighted by Gasteiger charge is -2.13. The van der Waals surface area contributed by atoms with Gasteiger partial charge in [0.1, 0.15) is 11.4 Å². The second-order valence-electron chi connectivity index (χ2n) is 5.22. The van der Waals surface area contributed by atoms with E-state index in [4.69, 9.17) is 4.74 Å². The molecular formula is C14H20N4O5S. The standard InChI is InChI=1S/C14H20N4O5S/c1-3-23-14(20)12-8-13(17-16-12)24(21,22)18-11-6-4-10(5-7-11)15-9(2)19/h4-7,12-13,16-18H,3,8H2,1-2H3,(H,15,19). The molecular weight excluding hydrogens is 336 g/mol. The fourth-order valence-electron chi connectivity index (χ4n) is 2.19. The summed E-state index contributed by atoms with van der Waals surface area (Å²) in [5.41, 5.74) is 6.12. The van der Waals surface area contributed by atoms with Crippen LogP contribution in [0.1, 0.15) is 20.3 Å². The number of hydrogen-bond acceptors (Lipinski definition) is 7. The van der Waals surface area contributed by atoms with Crippen LogP contribution >= 0.6 is 0 Å². The van der Waals surface area contributed by atoms with Gasteiger partial charge >= 0.3 is 5.97 Å². The minimum Gasteiger partial charge on any atom is -0.465 e. The number of carbonyl (C=O) groups is 2. The Morgan fingerprint density at radius 3 is 2.42 bits per heavy atom. The Kier molecular flexibility index (Phi) is 5.75. The van der Waals surface area contributed by atoms with Gasteiger partial charge in [0.15, 0.2) is 0 Å². The van der Waals surface area contributed by atoms with Crippen LogP contribution in [-0.4, -0.2) is 38.3 Å². The first-order valence-electron chi connectivity index (χ1n) is 7.39. The van der Waals surface area contributed by atoms with Crippen molar-refractivity contribution in [2.24, 2.45) is 0 Å². The molecule has 0 bridgehead atoms. The number of rotatable bonds is 6. The van der Waals surface area contributed by atoms with Crippen LogP contribution in [0, 0.1) is 0 Å². The smallest absolute Gasteiger partial charge is 0.324 e. The summed E-state index contributed by atoms with van der Waals surface area (Å²) in [6, 6.07) is 5.53. The van der Waals surface area contributed by atoms with E-state index in [1.807, 2.05) is 0 Å². The molecule has 1 saturated heterocycles. The van der Waals surface area contributed by atoms with Crippen molar-refractivity contribution in [3.05, 3.63) is 24.3 Å². The van der Waals surface area contributed by atoms with Crippen LogP contribution in [0.3, 0.4) is 0 Å². The zero-order valence-corrected chi connectivity index (χ0v) is 14.1. The Bertz CT molecular complexity index is 704. The minimum absolute atomic E-state index is 0.0537. The van der Waals surface area contributed by atoms with Crippen molar-refractivity contribution in [3.63, 3.8) is 0 Å². The van der Waals surface area contributed by atoms with Gasteiger partial charge in [0, 0.05) is 24.7 Å². The molecule has 10 heteroatoms. The first-order valence-corrected chi connectivity index (χ1v) is 8.93. The number of ether oxygens (including phenoxy) is 1. The number of sulfonamides is 1. The Balaban J connectivity index is 1.99. The van der Waals surface area contributed by atoms with Gasteiger partial charge in [-0.2, -0.15) is 0 Å². The number of hydrazine groups is 1. The molecule has 1 heterocycles. The van der Waals surface area contributed by atoms with Gasteiger partial charge in [-0.05, 0) is 31.2 Å². The summed E-state index contributed by atoms with van der Waals surface area (Å²) in [6.07, 6.45) is 0.0537. The van der Waals surface area contributed by atoms with Crippen molar-refractivity contribution < 1.29 is 22.7 Å². The third-order valence-corrected chi connectivity index (χ3v) is 4.86. The van der Waals surface area contributed by atoms with Crippen molar-refractivity contribution >= 4 is 33.3 Å². The van der Waals surface area contributed by atoms with Crippen molar-refractivity contribution in [2.45, 2.75) is 31.7 Å².